The van der Waals surface area contributed by atoms with E-state index in [-0.39, 0.29) is 0 Å². The number of aromatic nitrogens is 3. The van der Waals surface area contributed by atoms with Gasteiger partial charge in [0.15, 0.2) is 5.65 Å². The summed E-state index contributed by atoms with van der Waals surface area (Å²) in [6.45, 7) is 2.40. The number of benzene rings is 1. The van der Waals surface area contributed by atoms with Gasteiger partial charge in [-0.1, -0.05) is 29.8 Å². The summed E-state index contributed by atoms with van der Waals surface area (Å²) >= 11 is 6.38. The second-order valence-corrected chi connectivity index (χ2v) is 6.50. The highest BCUT2D eigenvalue weighted by Crippen LogP contribution is 2.34. The third-order valence-corrected chi connectivity index (χ3v) is 4.89. The highest BCUT2D eigenvalue weighted by Gasteiger charge is 2.27. The predicted octanol–water partition coefficient (Wildman–Crippen LogP) is 3.52. The van der Waals surface area contributed by atoms with Gasteiger partial charge in [-0.25, -0.2) is 4.98 Å². The lowest BCUT2D eigenvalue weighted by molar-refractivity contribution is 0.181. The maximum absolute atomic E-state index is 6.38. The molecule has 3 heterocycles. The first-order chi connectivity index (χ1) is 11.8. The SMILES string of the molecule is COCc1cc(N2CCC(c3ccccc3Cl)C2)n2nccc2n1. The summed E-state index contributed by atoms with van der Waals surface area (Å²) < 4.78 is 7.15. The molecule has 2 aromatic heterocycles. The van der Waals surface area contributed by atoms with Crippen LogP contribution in [-0.4, -0.2) is 34.8 Å². The molecular weight excluding hydrogens is 324 g/mol. The molecule has 124 valence electrons. The molecule has 4 rings (SSSR count). The van der Waals surface area contributed by atoms with Crippen LogP contribution in [0.15, 0.2) is 42.6 Å². The number of methoxy groups -OCH3 is 1. The lowest BCUT2D eigenvalue weighted by Gasteiger charge is -2.20. The van der Waals surface area contributed by atoms with Gasteiger partial charge in [0, 0.05) is 43.3 Å². The normalized spacial score (nSPS) is 17.8. The number of halogens is 1. The molecule has 0 amide bonds. The topological polar surface area (TPSA) is 42.7 Å². The number of fused-ring (bicyclic) bond motifs is 1. The van der Waals surface area contributed by atoms with Crippen molar-refractivity contribution in [1.29, 1.82) is 0 Å². The molecule has 1 aliphatic heterocycles. The Balaban J connectivity index is 1.66. The van der Waals surface area contributed by atoms with E-state index in [1.807, 2.05) is 22.7 Å². The second-order valence-electron chi connectivity index (χ2n) is 6.09. The molecular formula is C18H19ClN4O. The predicted molar refractivity (Wildman–Crippen MR) is 94.7 cm³/mol. The third-order valence-electron chi connectivity index (χ3n) is 4.54. The van der Waals surface area contributed by atoms with Gasteiger partial charge in [-0.3, -0.25) is 0 Å². The maximum atomic E-state index is 6.38. The summed E-state index contributed by atoms with van der Waals surface area (Å²) in [5, 5.41) is 5.28. The van der Waals surface area contributed by atoms with E-state index in [0.717, 1.165) is 41.7 Å². The van der Waals surface area contributed by atoms with Crippen LogP contribution in [-0.2, 0) is 11.3 Å². The summed E-state index contributed by atoms with van der Waals surface area (Å²) in [6, 6.07) is 12.1. The van der Waals surface area contributed by atoms with Crippen molar-refractivity contribution in [2.45, 2.75) is 18.9 Å². The fraction of sp³-hybridized carbons (Fsp3) is 0.333. The van der Waals surface area contributed by atoms with Gasteiger partial charge in [0.05, 0.1) is 18.5 Å². The zero-order chi connectivity index (χ0) is 16.5. The van der Waals surface area contributed by atoms with Crippen LogP contribution in [0, 0.1) is 0 Å². The van der Waals surface area contributed by atoms with E-state index >= 15 is 0 Å². The van der Waals surface area contributed by atoms with Crippen molar-refractivity contribution in [2.75, 3.05) is 25.1 Å². The first kappa shape index (κ1) is 15.4. The van der Waals surface area contributed by atoms with Crippen molar-refractivity contribution < 1.29 is 4.74 Å². The van der Waals surface area contributed by atoms with Crippen molar-refractivity contribution in [3.8, 4) is 0 Å². The molecule has 0 N–H and O–H groups in total. The minimum atomic E-state index is 0.434. The van der Waals surface area contributed by atoms with Gasteiger partial charge in [-0.05, 0) is 18.1 Å². The molecule has 0 bridgehead atoms. The lowest BCUT2D eigenvalue weighted by Crippen LogP contribution is -2.23. The zero-order valence-corrected chi connectivity index (χ0v) is 14.3. The number of ether oxygens (including phenoxy) is 1. The average Bonchev–Trinajstić information content (AvgIpc) is 3.24. The first-order valence-electron chi connectivity index (χ1n) is 8.08. The smallest absolute Gasteiger partial charge is 0.157 e. The first-order valence-corrected chi connectivity index (χ1v) is 8.46. The van der Waals surface area contributed by atoms with Crippen molar-refractivity contribution in [1.82, 2.24) is 14.6 Å². The van der Waals surface area contributed by atoms with E-state index in [2.05, 4.69) is 33.2 Å². The number of anilines is 1. The summed E-state index contributed by atoms with van der Waals surface area (Å²) in [6.07, 6.45) is 2.86. The summed E-state index contributed by atoms with van der Waals surface area (Å²) in [5.41, 5.74) is 2.99. The molecule has 3 aromatic rings. The van der Waals surface area contributed by atoms with Crippen LogP contribution in [0.4, 0.5) is 5.82 Å². The summed E-state index contributed by atoms with van der Waals surface area (Å²) in [7, 11) is 1.69. The third kappa shape index (κ3) is 2.74. The molecule has 0 spiro atoms. The number of hydrogen-bond donors (Lipinski definition) is 0. The lowest BCUT2D eigenvalue weighted by atomic mass is 9.98. The standard InChI is InChI=1S/C18H19ClN4O/c1-24-12-14-10-18(23-17(21-14)6-8-20-23)22-9-7-13(11-22)15-4-2-3-5-16(15)19/h2-6,8,10,13H,7,9,11-12H2,1H3. The van der Waals surface area contributed by atoms with Crippen LogP contribution >= 0.6 is 11.6 Å². The van der Waals surface area contributed by atoms with E-state index in [9.17, 15) is 0 Å². The number of hydrogen-bond acceptors (Lipinski definition) is 4. The Morgan fingerprint density at radius 2 is 2.17 bits per heavy atom. The highest BCUT2D eigenvalue weighted by atomic mass is 35.5. The van der Waals surface area contributed by atoms with Crippen molar-refractivity contribution in [2.24, 2.45) is 0 Å². The van der Waals surface area contributed by atoms with Crippen LogP contribution in [0.25, 0.3) is 5.65 Å². The van der Waals surface area contributed by atoms with Gasteiger partial charge in [0.2, 0.25) is 0 Å². The van der Waals surface area contributed by atoms with Gasteiger partial charge in [0.1, 0.15) is 5.82 Å². The van der Waals surface area contributed by atoms with Crippen molar-refractivity contribution in [3.05, 3.63) is 58.9 Å². The van der Waals surface area contributed by atoms with Crippen LogP contribution < -0.4 is 4.90 Å². The van der Waals surface area contributed by atoms with E-state index in [1.54, 1.807) is 13.3 Å². The van der Waals surface area contributed by atoms with Crippen LogP contribution in [0.5, 0.6) is 0 Å². The molecule has 0 aliphatic carbocycles. The van der Waals surface area contributed by atoms with Gasteiger partial charge in [-0.15, -0.1) is 0 Å². The van der Waals surface area contributed by atoms with Crippen LogP contribution in [0.3, 0.4) is 0 Å². The summed E-state index contributed by atoms with van der Waals surface area (Å²) in [5.74, 6) is 1.50. The molecule has 1 fully saturated rings. The van der Waals surface area contributed by atoms with Crippen molar-refractivity contribution >= 4 is 23.1 Å². The Hall–Kier alpha value is -2.11. The quantitative estimate of drug-likeness (QED) is 0.727. The van der Waals surface area contributed by atoms with Gasteiger partial charge in [0.25, 0.3) is 0 Å². The average molecular weight is 343 g/mol. The minimum Gasteiger partial charge on any atom is -0.378 e. The van der Waals surface area contributed by atoms with E-state index in [1.165, 1.54) is 5.56 Å². The molecule has 1 aromatic carbocycles. The molecule has 24 heavy (non-hydrogen) atoms. The van der Waals surface area contributed by atoms with E-state index in [0.29, 0.717) is 12.5 Å². The maximum Gasteiger partial charge on any atom is 0.157 e. The Bertz CT molecular complexity index is 863. The molecule has 0 saturated carbocycles. The molecule has 1 atom stereocenters. The number of rotatable bonds is 4. The summed E-state index contributed by atoms with van der Waals surface area (Å²) in [4.78, 5) is 6.93. The monoisotopic (exact) mass is 342 g/mol. The highest BCUT2D eigenvalue weighted by molar-refractivity contribution is 6.31. The molecule has 6 heteroatoms. The molecule has 1 aliphatic rings. The Labute approximate surface area is 145 Å². The van der Waals surface area contributed by atoms with Crippen LogP contribution in [0.1, 0.15) is 23.6 Å². The van der Waals surface area contributed by atoms with Gasteiger partial charge >= 0.3 is 0 Å². The molecule has 1 unspecified atom stereocenters. The van der Waals surface area contributed by atoms with Gasteiger partial charge in [-0.2, -0.15) is 9.61 Å². The van der Waals surface area contributed by atoms with E-state index in [4.69, 9.17) is 16.3 Å². The van der Waals surface area contributed by atoms with E-state index < -0.39 is 0 Å². The van der Waals surface area contributed by atoms with Gasteiger partial charge < -0.3 is 9.64 Å². The largest absolute Gasteiger partial charge is 0.378 e. The number of nitrogens with zero attached hydrogens (tertiary/aromatic N) is 4. The van der Waals surface area contributed by atoms with Crippen molar-refractivity contribution in [3.63, 3.8) is 0 Å². The zero-order valence-electron chi connectivity index (χ0n) is 13.5. The fourth-order valence-corrected chi connectivity index (χ4v) is 3.71. The Morgan fingerprint density at radius 3 is 3.00 bits per heavy atom. The second kappa shape index (κ2) is 6.42. The molecule has 5 nitrogen and oxygen atoms in total. The minimum absolute atomic E-state index is 0.434. The molecule has 1 saturated heterocycles. The van der Waals surface area contributed by atoms with Crippen LogP contribution in [0.2, 0.25) is 5.02 Å². The molecule has 0 radical (unpaired) electrons. The Kier molecular flexibility index (Phi) is 4.12. The fourth-order valence-electron chi connectivity index (χ4n) is 3.42. The Morgan fingerprint density at radius 1 is 1.29 bits per heavy atom.